The van der Waals surface area contributed by atoms with Crippen molar-refractivity contribution in [3.8, 4) is 33.6 Å². The number of fused-ring (bicyclic) bond motifs is 9. The van der Waals surface area contributed by atoms with E-state index < -0.39 is 0 Å². The summed E-state index contributed by atoms with van der Waals surface area (Å²) in [5.74, 6) is 0. The van der Waals surface area contributed by atoms with Crippen molar-refractivity contribution in [1.82, 2.24) is 9.13 Å². The molecular formula is C62H41N3. The van der Waals surface area contributed by atoms with Gasteiger partial charge in [-0.3, -0.25) is 0 Å². The van der Waals surface area contributed by atoms with Gasteiger partial charge in [0.1, 0.15) is 0 Å². The van der Waals surface area contributed by atoms with E-state index in [1.807, 2.05) is 0 Å². The maximum absolute atomic E-state index is 2.50. The van der Waals surface area contributed by atoms with E-state index in [2.05, 4.69) is 263 Å². The number of benzene rings is 11. The Kier molecular flexibility index (Phi) is 8.53. The monoisotopic (exact) mass is 827 g/mol. The summed E-state index contributed by atoms with van der Waals surface area (Å²) in [5, 5.41) is 9.79. The SMILES string of the molecule is c1ccc(-c2ccc(N(c3cccc(-c4ccccc4)c3)c3ccc4ccc(-n5c6ccccc6c6ccc7c(c8ccccc8n7-c7ccc8ccccc8c7)c65)cc4c3)cc2)cc1. The number of anilines is 3. The third-order valence-corrected chi connectivity index (χ3v) is 13.2. The van der Waals surface area contributed by atoms with Gasteiger partial charge in [0.05, 0.1) is 22.1 Å². The van der Waals surface area contributed by atoms with Crippen LogP contribution in [0.4, 0.5) is 17.1 Å². The van der Waals surface area contributed by atoms with Gasteiger partial charge in [-0.05, 0) is 123 Å². The Morgan fingerprint density at radius 3 is 1.57 bits per heavy atom. The van der Waals surface area contributed by atoms with Crippen molar-refractivity contribution in [2.45, 2.75) is 0 Å². The van der Waals surface area contributed by atoms with Crippen LogP contribution in [0.15, 0.2) is 249 Å². The van der Waals surface area contributed by atoms with Crippen LogP contribution in [-0.2, 0) is 0 Å². The zero-order valence-electron chi connectivity index (χ0n) is 35.5. The van der Waals surface area contributed by atoms with Crippen LogP contribution in [0, 0.1) is 0 Å². The van der Waals surface area contributed by atoms with Crippen molar-refractivity contribution in [2.75, 3.05) is 4.90 Å². The maximum atomic E-state index is 2.50. The van der Waals surface area contributed by atoms with E-state index in [9.17, 15) is 0 Å². The topological polar surface area (TPSA) is 13.1 Å². The number of para-hydroxylation sites is 2. The molecule has 2 aromatic heterocycles. The van der Waals surface area contributed by atoms with Crippen molar-refractivity contribution < 1.29 is 0 Å². The summed E-state index contributed by atoms with van der Waals surface area (Å²) in [6.45, 7) is 0. The number of rotatable bonds is 7. The summed E-state index contributed by atoms with van der Waals surface area (Å²) in [4.78, 5) is 2.39. The molecule has 0 unspecified atom stereocenters. The van der Waals surface area contributed by atoms with E-state index in [4.69, 9.17) is 0 Å². The first kappa shape index (κ1) is 36.9. The Balaban J connectivity index is 1.01. The smallest absolute Gasteiger partial charge is 0.0641 e. The molecular weight excluding hydrogens is 787 g/mol. The molecule has 65 heavy (non-hydrogen) atoms. The van der Waals surface area contributed by atoms with E-state index in [0.29, 0.717) is 0 Å². The first-order chi connectivity index (χ1) is 32.2. The van der Waals surface area contributed by atoms with Crippen molar-refractivity contribution in [3.05, 3.63) is 249 Å². The molecule has 0 atom stereocenters. The highest BCUT2D eigenvalue weighted by atomic mass is 15.1. The zero-order valence-corrected chi connectivity index (χ0v) is 35.5. The molecule has 304 valence electrons. The van der Waals surface area contributed by atoms with Crippen LogP contribution >= 0.6 is 0 Å². The Morgan fingerprint density at radius 1 is 0.262 bits per heavy atom. The lowest BCUT2D eigenvalue weighted by molar-refractivity contribution is 1.18. The fourth-order valence-electron chi connectivity index (χ4n) is 10.2. The molecule has 0 spiro atoms. The van der Waals surface area contributed by atoms with E-state index in [1.165, 1.54) is 87.4 Å². The van der Waals surface area contributed by atoms with Crippen LogP contribution in [0.1, 0.15) is 0 Å². The van der Waals surface area contributed by atoms with E-state index in [1.54, 1.807) is 0 Å². The van der Waals surface area contributed by atoms with Crippen molar-refractivity contribution in [2.24, 2.45) is 0 Å². The van der Waals surface area contributed by atoms with E-state index in [0.717, 1.165) is 28.4 Å². The van der Waals surface area contributed by atoms with Gasteiger partial charge >= 0.3 is 0 Å². The summed E-state index contributed by atoms with van der Waals surface area (Å²) >= 11 is 0. The summed E-state index contributed by atoms with van der Waals surface area (Å²) in [6, 6.07) is 90.8. The molecule has 0 saturated heterocycles. The van der Waals surface area contributed by atoms with Gasteiger partial charge in [-0.25, -0.2) is 0 Å². The summed E-state index contributed by atoms with van der Waals surface area (Å²) in [7, 11) is 0. The van der Waals surface area contributed by atoms with E-state index >= 15 is 0 Å². The molecule has 2 heterocycles. The standard InChI is InChI=1S/C62H41N3/c1-3-14-42(15-4-1)45-26-31-50(32-27-45)63(51-21-13-20-48(38-51)43-16-5-2-6-17-43)52-33-29-46-30-35-54(41-49(46)40-52)65-58-24-11-9-22-55(58)56-36-37-60-61(62(56)65)57-23-10-12-25-59(57)64(60)53-34-28-44-18-7-8-19-47(44)39-53/h1-41H. The van der Waals surface area contributed by atoms with Gasteiger partial charge in [0, 0.05) is 50.0 Å². The molecule has 13 rings (SSSR count). The molecule has 0 aliphatic rings. The average Bonchev–Trinajstić information content (AvgIpc) is 3.90. The molecule has 0 saturated carbocycles. The first-order valence-electron chi connectivity index (χ1n) is 22.3. The van der Waals surface area contributed by atoms with Gasteiger partial charge in [-0.1, -0.05) is 170 Å². The largest absolute Gasteiger partial charge is 0.310 e. The molecule has 13 aromatic rings. The van der Waals surface area contributed by atoms with Gasteiger partial charge in [0.15, 0.2) is 0 Å². The molecule has 3 heteroatoms. The molecule has 0 amide bonds. The van der Waals surface area contributed by atoms with Crippen LogP contribution in [0.5, 0.6) is 0 Å². The quantitative estimate of drug-likeness (QED) is 0.156. The second-order valence-electron chi connectivity index (χ2n) is 17.0. The molecule has 0 bridgehead atoms. The lowest BCUT2D eigenvalue weighted by Crippen LogP contribution is -2.10. The number of hydrogen-bond acceptors (Lipinski definition) is 1. The Hall–Kier alpha value is -8.66. The molecule has 3 nitrogen and oxygen atoms in total. The lowest BCUT2D eigenvalue weighted by atomic mass is 10.0. The summed E-state index contributed by atoms with van der Waals surface area (Å²) in [6.07, 6.45) is 0. The van der Waals surface area contributed by atoms with Crippen LogP contribution in [0.25, 0.3) is 98.8 Å². The third-order valence-electron chi connectivity index (χ3n) is 13.2. The fraction of sp³-hybridized carbons (Fsp3) is 0. The molecule has 0 aliphatic carbocycles. The van der Waals surface area contributed by atoms with Crippen LogP contribution in [-0.4, -0.2) is 9.13 Å². The Bertz CT molecular complexity index is 3930. The molecule has 0 aliphatic heterocycles. The van der Waals surface area contributed by atoms with Gasteiger partial charge in [0.25, 0.3) is 0 Å². The third kappa shape index (κ3) is 6.12. The highest BCUT2D eigenvalue weighted by molar-refractivity contribution is 6.26. The number of aromatic nitrogens is 2. The van der Waals surface area contributed by atoms with Crippen LogP contribution in [0.3, 0.4) is 0 Å². The second-order valence-corrected chi connectivity index (χ2v) is 17.0. The molecule has 0 fully saturated rings. The zero-order chi connectivity index (χ0) is 42.8. The highest BCUT2D eigenvalue weighted by Crippen LogP contribution is 2.44. The van der Waals surface area contributed by atoms with Crippen molar-refractivity contribution in [1.29, 1.82) is 0 Å². The lowest BCUT2D eigenvalue weighted by Gasteiger charge is -2.26. The second kappa shape index (κ2) is 15.0. The number of hydrogen-bond donors (Lipinski definition) is 0. The fourth-order valence-corrected chi connectivity index (χ4v) is 10.2. The van der Waals surface area contributed by atoms with Gasteiger partial charge in [0.2, 0.25) is 0 Å². The summed E-state index contributed by atoms with van der Waals surface area (Å²) in [5.41, 5.74) is 15.1. The average molecular weight is 828 g/mol. The van der Waals surface area contributed by atoms with E-state index in [-0.39, 0.29) is 0 Å². The highest BCUT2D eigenvalue weighted by Gasteiger charge is 2.22. The normalized spacial score (nSPS) is 11.7. The minimum absolute atomic E-state index is 1.09. The molecule has 0 N–H and O–H groups in total. The predicted octanol–water partition coefficient (Wildman–Crippen LogP) is 17.0. The Morgan fingerprint density at radius 2 is 0.800 bits per heavy atom. The van der Waals surface area contributed by atoms with Crippen LogP contribution in [0.2, 0.25) is 0 Å². The summed E-state index contributed by atoms with van der Waals surface area (Å²) < 4.78 is 4.94. The van der Waals surface area contributed by atoms with Crippen molar-refractivity contribution in [3.63, 3.8) is 0 Å². The minimum Gasteiger partial charge on any atom is -0.310 e. The van der Waals surface area contributed by atoms with Gasteiger partial charge in [-0.2, -0.15) is 0 Å². The maximum Gasteiger partial charge on any atom is 0.0641 e. The van der Waals surface area contributed by atoms with Crippen LogP contribution < -0.4 is 4.90 Å². The van der Waals surface area contributed by atoms with Gasteiger partial charge in [-0.15, -0.1) is 0 Å². The Labute approximate surface area is 376 Å². The number of nitrogens with zero attached hydrogens (tertiary/aromatic N) is 3. The molecule has 0 radical (unpaired) electrons. The predicted molar refractivity (Wildman–Crippen MR) is 276 cm³/mol. The molecule has 11 aromatic carbocycles. The minimum atomic E-state index is 1.09. The first-order valence-corrected chi connectivity index (χ1v) is 22.3. The van der Waals surface area contributed by atoms with Gasteiger partial charge < -0.3 is 14.0 Å². The van der Waals surface area contributed by atoms with Crippen molar-refractivity contribution >= 4 is 82.2 Å².